The molecule has 0 radical (unpaired) electrons. The number of aliphatic hydroxyl groups excluding tert-OH is 1. The second-order valence-electron chi connectivity index (χ2n) is 26.3. The number of ether oxygens (including phenoxy) is 4. The van der Waals surface area contributed by atoms with Gasteiger partial charge >= 0.3 is 39.5 Å². The Kier molecular flexibility index (Phi) is 69.3. The molecule has 570 valence electrons. The van der Waals surface area contributed by atoms with Crippen molar-refractivity contribution >= 4 is 39.5 Å². The Labute approximate surface area is 596 Å². The first-order valence-electron chi connectivity index (χ1n) is 39.2. The summed E-state index contributed by atoms with van der Waals surface area (Å²) < 4.78 is 68.5. The third kappa shape index (κ3) is 70.9. The van der Waals surface area contributed by atoms with Gasteiger partial charge in [0.2, 0.25) is 0 Å². The third-order valence-corrected chi connectivity index (χ3v) is 18.6. The number of phosphoric ester groups is 2. The number of carbonyl (C=O) groups is 4. The number of allylic oxidation sites excluding steroid dienone is 12. The van der Waals surface area contributed by atoms with Crippen molar-refractivity contribution in [3.63, 3.8) is 0 Å². The lowest BCUT2D eigenvalue weighted by atomic mass is 10.0. The van der Waals surface area contributed by atoms with E-state index in [0.717, 1.165) is 116 Å². The highest BCUT2D eigenvalue weighted by Crippen LogP contribution is 2.45. The van der Waals surface area contributed by atoms with Crippen LogP contribution in [0.4, 0.5) is 0 Å². The normalized spacial score (nSPS) is 14.3. The zero-order valence-electron chi connectivity index (χ0n) is 62.2. The van der Waals surface area contributed by atoms with Crippen LogP contribution < -0.4 is 0 Å². The first-order valence-corrected chi connectivity index (χ1v) is 42.2. The summed E-state index contributed by atoms with van der Waals surface area (Å²) in [4.78, 5) is 72.9. The van der Waals surface area contributed by atoms with Crippen LogP contribution in [0.15, 0.2) is 72.9 Å². The molecule has 0 saturated heterocycles. The molecule has 0 fully saturated rings. The van der Waals surface area contributed by atoms with E-state index in [-0.39, 0.29) is 25.7 Å². The van der Waals surface area contributed by atoms with Crippen molar-refractivity contribution in [2.75, 3.05) is 39.6 Å². The van der Waals surface area contributed by atoms with Crippen molar-refractivity contribution in [2.45, 2.75) is 367 Å². The molecule has 0 spiro atoms. The fourth-order valence-corrected chi connectivity index (χ4v) is 12.3. The van der Waals surface area contributed by atoms with Gasteiger partial charge in [-0.3, -0.25) is 37.3 Å². The van der Waals surface area contributed by atoms with Crippen LogP contribution in [-0.2, 0) is 65.4 Å². The van der Waals surface area contributed by atoms with E-state index in [1.54, 1.807) is 0 Å². The average molecular weight is 1430 g/mol. The summed E-state index contributed by atoms with van der Waals surface area (Å²) in [7, 11) is -9.95. The standard InChI is InChI=1S/C79H142O17P2/c1-5-9-13-17-21-25-29-33-35-36-38-41-44-48-52-56-60-64-77(82)90-70-75(96-79(84)66-62-58-54-50-46-42-37-34-30-26-22-18-14-10-6-2)72-94-98(87,88)92-68-73(80)67-91-97(85,86)93-71-74(95-78(83)65-61-57-53-49-45-40-32-28-24-20-16-12-8-4)69-89-76(81)63-59-55-51-47-43-39-31-27-23-19-15-11-7-3/h9,13,21,25,33-35,37-38,41,48,52,73-75,80H,5-8,10-12,14-20,22-24,26-32,36,39-40,42-47,49-51,53-72H2,1-4H3,(H,85,86)(H,87,88)/b13-9-,25-21-,35-33-,37-34-,41-38-,52-48-. The Balaban J connectivity index is 5.37. The van der Waals surface area contributed by atoms with Gasteiger partial charge in [0, 0.05) is 25.7 Å². The molecule has 19 heteroatoms. The summed E-state index contributed by atoms with van der Waals surface area (Å²) >= 11 is 0. The molecule has 0 rings (SSSR count). The highest BCUT2D eigenvalue weighted by Gasteiger charge is 2.30. The second kappa shape index (κ2) is 71.9. The van der Waals surface area contributed by atoms with Crippen molar-refractivity contribution in [2.24, 2.45) is 0 Å². The van der Waals surface area contributed by atoms with E-state index in [1.807, 2.05) is 12.2 Å². The van der Waals surface area contributed by atoms with Crippen LogP contribution in [0.1, 0.15) is 349 Å². The summed E-state index contributed by atoms with van der Waals surface area (Å²) in [5.74, 6) is -2.22. The highest BCUT2D eigenvalue weighted by molar-refractivity contribution is 7.47. The second-order valence-corrected chi connectivity index (χ2v) is 29.2. The number of esters is 4. The maximum absolute atomic E-state index is 13.1. The summed E-state index contributed by atoms with van der Waals surface area (Å²) in [6.07, 6.45) is 71.8. The van der Waals surface area contributed by atoms with E-state index in [9.17, 15) is 43.2 Å². The summed E-state index contributed by atoms with van der Waals surface area (Å²) in [5.41, 5.74) is 0. The molecule has 17 nitrogen and oxygen atoms in total. The number of rotatable bonds is 74. The molecule has 0 heterocycles. The molecule has 0 aliphatic heterocycles. The van der Waals surface area contributed by atoms with Gasteiger partial charge in [-0.1, -0.05) is 306 Å². The Morgan fingerprint density at radius 2 is 0.541 bits per heavy atom. The van der Waals surface area contributed by atoms with Crippen molar-refractivity contribution in [1.82, 2.24) is 0 Å². The third-order valence-electron chi connectivity index (χ3n) is 16.7. The van der Waals surface area contributed by atoms with Crippen LogP contribution in [0.2, 0.25) is 0 Å². The SMILES string of the molecule is CC/C=C\C/C=C\C/C=C\C/C=C\C/C=C\CCCC(=O)OCC(COP(=O)(O)OCC(O)COP(=O)(O)OCC(COC(=O)CCCCCCCCCCCCCCC)OC(=O)CCCCCCCCCCCCCCC)OC(=O)CCCCCCC/C=C\CCCCCCCC. The largest absolute Gasteiger partial charge is 0.472 e. The number of unbranched alkanes of at least 4 members (excludes halogenated alkanes) is 36. The molecule has 5 unspecified atom stereocenters. The van der Waals surface area contributed by atoms with Gasteiger partial charge in [-0.05, 0) is 89.9 Å². The van der Waals surface area contributed by atoms with Gasteiger partial charge in [-0.25, -0.2) is 9.13 Å². The van der Waals surface area contributed by atoms with E-state index in [2.05, 4.69) is 88.5 Å². The minimum atomic E-state index is -4.98. The van der Waals surface area contributed by atoms with E-state index < -0.39 is 97.5 Å². The lowest BCUT2D eigenvalue weighted by Gasteiger charge is -2.21. The monoisotopic (exact) mass is 1420 g/mol. The Hall–Kier alpha value is -3.50. The molecular weight excluding hydrogens is 1280 g/mol. The van der Waals surface area contributed by atoms with Gasteiger partial charge in [-0.2, -0.15) is 0 Å². The van der Waals surface area contributed by atoms with Gasteiger partial charge in [0.05, 0.1) is 26.4 Å². The van der Waals surface area contributed by atoms with Crippen LogP contribution in [0.3, 0.4) is 0 Å². The van der Waals surface area contributed by atoms with Crippen molar-refractivity contribution in [3.8, 4) is 0 Å². The van der Waals surface area contributed by atoms with E-state index in [1.165, 1.54) is 148 Å². The molecule has 0 aliphatic carbocycles. The van der Waals surface area contributed by atoms with Gasteiger partial charge in [-0.15, -0.1) is 0 Å². The smallest absolute Gasteiger partial charge is 0.462 e. The Bertz CT molecular complexity index is 2140. The maximum atomic E-state index is 13.1. The van der Waals surface area contributed by atoms with Crippen molar-refractivity contribution in [1.29, 1.82) is 0 Å². The first-order chi connectivity index (χ1) is 47.7. The molecule has 0 aromatic heterocycles. The molecule has 98 heavy (non-hydrogen) atoms. The van der Waals surface area contributed by atoms with Gasteiger partial charge < -0.3 is 33.8 Å². The lowest BCUT2D eigenvalue weighted by molar-refractivity contribution is -0.161. The molecule has 0 aromatic rings. The van der Waals surface area contributed by atoms with Gasteiger partial charge in [0.1, 0.15) is 19.3 Å². The lowest BCUT2D eigenvalue weighted by Crippen LogP contribution is -2.30. The molecule has 3 N–H and O–H groups in total. The fraction of sp³-hybridized carbons (Fsp3) is 0.797. The number of phosphoric acid groups is 2. The zero-order valence-corrected chi connectivity index (χ0v) is 64.0. The number of hydrogen-bond donors (Lipinski definition) is 3. The average Bonchev–Trinajstić information content (AvgIpc) is 1.05. The topological polar surface area (TPSA) is 237 Å². The highest BCUT2D eigenvalue weighted by atomic mass is 31.2. The Morgan fingerprint density at radius 1 is 0.296 bits per heavy atom. The van der Waals surface area contributed by atoms with E-state index >= 15 is 0 Å². The van der Waals surface area contributed by atoms with Gasteiger partial charge in [0.25, 0.3) is 0 Å². The van der Waals surface area contributed by atoms with Crippen LogP contribution in [-0.4, -0.2) is 96.7 Å². The molecule has 0 saturated carbocycles. The van der Waals surface area contributed by atoms with E-state index in [0.29, 0.717) is 32.1 Å². The molecule has 0 aliphatic rings. The predicted molar refractivity (Wildman–Crippen MR) is 400 cm³/mol. The number of hydrogen-bond acceptors (Lipinski definition) is 15. The molecule has 0 aromatic carbocycles. The first kappa shape index (κ1) is 94.5. The maximum Gasteiger partial charge on any atom is 0.472 e. The minimum absolute atomic E-state index is 0.0755. The Morgan fingerprint density at radius 3 is 0.867 bits per heavy atom. The van der Waals surface area contributed by atoms with E-state index in [4.69, 9.17) is 37.0 Å². The molecule has 0 bridgehead atoms. The van der Waals surface area contributed by atoms with Gasteiger partial charge in [0.15, 0.2) is 12.2 Å². The summed E-state index contributed by atoms with van der Waals surface area (Å²) in [6, 6.07) is 0. The van der Waals surface area contributed by atoms with Crippen LogP contribution in [0.5, 0.6) is 0 Å². The molecule has 5 atom stereocenters. The number of aliphatic hydroxyl groups is 1. The van der Waals surface area contributed by atoms with Crippen molar-refractivity contribution < 1.29 is 80.2 Å². The van der Waals surface area contributed by atoms with Crippen LogP contribution >= 0.6 is 15.6 Å². The molecular formula is C79H142O17P2. The van der Waals surface area contributed by atoms with Crippen LogP contribution in [0, 0.1) is 0 Å². The zero-order chi connectivity index (χ0) is 71.8. The summed E-state index contributed by atoms with van der Waals surface area (Å²) in [5, 5.41) is 10.6. The quantitative estimate of drug-likeness (QED) is 0.0169. The fourth-order valence-electron chi connectivity index (χ4n) is 10.7. The van der Waals surface area contributed by atoms with Crippen molar-refractivity contribution in [3.05, 3.63) is 72.9 Å². The number of carbonyl (C=O) groups excluding carboxylic acids is 4. The van der Waals surface area contributed by atoms with Crippen LogP contribution in [0.25, 0.3) is 0 Å². The predicted octanol–water partition coefficient (Wildman–Crippen LogP) is 22.4. The summed E-state index contributed by atoms with van der Waals surface area (Å²) in [6.45, 7) is 4.74. The molecule has 0 amide bonds. The minimum Gasteiger partial charge on any atom is -0.462 e.